The number of nitrogens with zero attached hydrogens (tertiary/aromatic N) is 4. The van der Waals surface area contributed by atoms with Crippen LogP contribution in [-0.4, -0.2) is 45.2 Å². The second kappa shape index (κ2) is 13.3. The maximum atomic E-state index is 14.7. The highest BCUT2D eigenvalue weighted by Gasteiger charge is 2.36. The molecule has 224 valence electrons. The highest BCUT2D eigenvalue weighted by Crippen LogP contribution is 2.36. The number of aromatic nitrogens is 4. The van der Waals surface area contributed by atoms with Crippen LogP contribution >= 0.6 is 11.6 Å². The Kier molecular flexibility index (Phi) is 10.0. The van der Waals surface area contributed by atoms with Crippen molar-refractivity contribution in [1.82, 2.24) is 20.2 Å². The fraction of sp³-hybridized carbons (Fsp3) is 0.536. The molecule has 1 saturated carbocycles. The van der Waals surface area contributed by atoms with Gasteiger partial charge < -0.3 is 15.2 Å². The number of unbranched alkanes of at least 4 members (excludes halogenated alkanes) is 1. The third-order valence-electron chi connectivity index (χ3n) is 7.80. The van der Waals surface area contributed by atoms with Gasteiger partial charge in [-0.05, 0) is 62.6 Å². The first-order valence-corrected chi connectivity index (χ1v) is 14.2. The van der Waals surface area contributed by atoms with Crippen LogP contribution < -0.4 is 10.2 Å². The summed E-state index contributed by atoms with van der Waals surface area (Å²) < 4.78 is 82.1. The largest absolute Gasteiger partial charge is 0.433 e. The van der Waals surface area contributed by atoms with Crippen LogP contribution in [0.25, 0.3) is 0 Å². The molecule has 0 saturated heterocycles. The molecule has 0 bridgehead atoms. The number of anilines is 2. The van der Waals surface area contributed by atoms with Crippen molar-refractivity contribution in [2.24, 2.45) is 11.8 Å². The molecular weight excluding hydrogens is 570 g/mol. The molecule has 2 N–H and O–H groups in total. The van der Waals surface area contributed by atoms with Gasteiger partial charge >= 0.3 is 6.18 Å². The van der Waals surface area contributed by atoms with Gasteiger partial charge in [0.05, 0.1) is 0 Å². The molecule has 1 unspecified atom stereocenters. The molecule has 1 fully saturated rings. The number of H-pyrrole nitrogens is 1. The Labute approximate surface area is 239 Å². The molecule has 4 rings (SSSR count). The van der Waals surface area contributed by atoms with Gasteiger partial charge in [0.25, 0.3) is 0 Å². The first-order chi connectivity index (χ1) is 19.5. The van der Waals surface area contributed by atoms with Gasteiger partial charge in [0, 0.05) is 48.4 Å². The number of hydrogen-bond acceptors (Lipinski definition) is 5. The first-order valence-electron chi connectivity index (χ1n) is 13.7. The van der Waals surface area contributed by atoms with Gasteiger partial charge in [0.2, 0.25) is 5.95 Å². The van der Waals surface area contributed by atoms with Gasteiger partial charge in [-0.2, -0.15) is 13.2 Å². The molecule has 1 aliphatic carbocycles. The summed E-state index contributed by atoms with van der Waals surface area (Å²) in [6.45, 7) is 5.00. The van der Waals surface area contributed by atoms with Crippen LogP contribution in [0.1, 0.15) is 69.0 Å². The molecule has 0 aliphatic heterocycles. The van der Waals surface area contributed by atoms with Crippen LogP contribution in [0, 0.1) is 29.3 Å². The molecular formula is C28H33ClF6N6. The van der Waals surface area contributed by atoms with Gasteiger partial charge in [-0.25, -0.2) is 13.2 Å². The van der Waals surface area contributed by atoms with E-state index in [1.165, 1.54) is 12.3 Å². The Balaban J connectivity index is 1.53. The standard InChI is InChI=1S/C28H33ClF6N6/c1-3-41(18-11-13-36-22(14-18)28(33,34)35)15-17-8-7-16(2)25(17)37-27-38-26(39-40-27)20(6-4-5-12-29)19-9-10-21(30)24(32)23(19)31/h9-11,13-14,16-17,20,25H,3-8,12,15H2,1-2H3,(H2,37,38,39,40)/t16-,17-,20?,25+/m0/s1. The highest BCUT2D eigenvalue weighted by atomic mass is 35.5. The molecule has 2 aromatic heterocycles. The third kappa shape index (κ3) is 7.25. The first kappa shape index (κ1) is 30.9. The van der Waals surface area contributed by atoms with Gasteiger partial charge in [0.1, 0.15) is 11.5 Å². The lowest BCUT2D eigenvalue weighted by molar-refractivity contribution is -0.141. The number of alkyl halides is 4. The van der Waals surface area contributed by atoms with E-state index in [9.17, 15) is 26.3 Å². The molecule has 6 nitrogen and oxygen atoms in total. The molecule has 2 heterocycles. The number of pyridine rings is 1. The van der Waals surface area contributed by atoms with E-state index in [4.69, 9.17) is 11.6 Å². The Morgan fingerprint density at radius 1 is 1.10 bits per heavy atom. The van der Waals surface area contributed by atoms with Crippen LogP contribution in [-0.2, 0) is 6.18 Å². The second-order valence-electron chi connectivity index (χ2n) is 10.5. The average Bonchev–Trinajstić information content (AvgIpc) is 3.55. The zero-order valence-electron chi connectivity index (χ0n) is 22.8. The normalized spacial score (nSPS) is 19.9. The van der Waals surface area contributed by atoms with Crippen molar-refractivity contribution in [2.75, 3.05) is 29.2 Å². The number of aromatic amines is 1. The maximum Gasteiger partial charge on any atom is 0.433 e. The summed E-state index contributed by atoms with van der Waals surface area (Å²) in [5.74, 6) is -3.39. The Bertz CT molecular complexity index is 1300. The van der Waals surface area contributed by atoms with E-state index in [1.807, 2.05) is 11.8 Å². The topological polar surface area (TPSA) is 69.7 Å². The smallest absolute Gasteiger partial charge is 0.371 e. The monoisotopic (exact) mass is 602 g/mol. The summed E-state index contributed by atoms with van der Waals surface area (Å²) in [7, 11) is 0. The van der Waals surface area contributed by atoms with Crippen molar-refractivity contribution >= 4 is 23.2 Å². The third-order valence-corrected chi connectivity index (χ3v) is 8.07. The van der Waals surface area contributed by atoms with Crippen LogP contribution in [0.4, 0.5) is 38.0 Å². The minimum Gasteiger partial charge on any atom is -0.371 e. The number of rotatable bonds is 12. The summed E-state index contributed by atoms with van der Waals surface area (Å²) >= 11 is 5.81. The van der Waals surface area contributed by atoms with Crippen molar-refractivity contribution in [2.45, 2.75) is 64.1 Å². The SMILES string of the molecule is CCN(C[C@@H]1CC[C@H](C)[C@H]1Nc1nnc(C(CCCCCl)c2ccc(F)c(F)c2F)[nH]1)c1ccnc(C(F)(F)F)c1. The van der Waals surface area contributed by atoms with Crippen LogP contribution in [0.5, 0.6) is 0 Å². The molecule has 13 heteroatoms. The van der Waals surface area contributed by atoms with E-state index in [-0.39, 0.29) is 23.4 Å². The summed E-state index contributed by atoms with van der Waals surface area (Å²) in [5, 5.41) is 11.8. The second-order valence-corrected chi connectivity index (χ2v) is 10.9. The van der Waals surface area contributed by atoms with Crippen molar-refractivity contribution in [3.05, 3.63) is 65.0 Å². The highest BCUT2D eigenvalue weighted by molar-refractivity contribution is 6.17. The molecule has 0 radical (unpaired) electrons. The average molecular weight is 603 g/mol. The van der Waals surface area contributed by atoms with Gasteiger partial charge in [-0.1, -0.05) is 19.4 Å². The molecule has 4 atom stereocenters. The maximum absolute atomic E-state index is 14.7. The number of halogens is 7. The van der Waals surface area contributed by atoms with Gasteiger partial charge in [0.15, 0.2) is 17.5 Å². The molecule has 1 aromatic carbocycles. The number of nitrogens with one attached hydrogen (secondary N) is 2. The zero-order valence-corrected chi connectivity index (χ0v) is 23.5. The molecule has 3 aromatic rings. The van der Waals surface area contributed by atoms with Crippen LogP contribution in [0.2, 0.25) is 0 Å². The number of benzene rings is 1. The summed E-state index contributed by atoms with van der Waals surface area (Å²) in [5.41, 5.74) is -0.513. The van der Waals surface area contributed by atoms with Gasteiger partial charge in [-0.3, -0.25) is 4.98 Å². The fourth-order valence-electron chi connectivity index (χ4n) is 5.58. The zero-order chi connectivity index (χ0) is 29.7. The Morgan fingerprint density at radius 3 is 2.59 bits per heavy atom. The lowest BCUT2D eigenvalue weighted by atomic mass is 9.92. The molecule has 0 amide bonds. The number of hydrogen-bond donors (Lipinski definition) is 2. The van der Waals surface area contributed by atoms with Crippen molar-refractivity contribution < 1.29 is 26.3 Å². The minimum absolute atomic E-state index is 0.0255. The summed E-state index contributed by atoms with van der Waals surface area (Å²) in [6.07, 6.45) is 0.0540. The Hall–Kier alpha value is -3.02. The van der Waals surface area contributed by atoms with Gasteiger partial charge in [-0.15, -0.1) is 21.8 Å². The fourth-order valence-corrected chi connectivity index (χ4v) is 5.77. The predicted molar refractivity (Wildman–Crippen MR) is 146 cm³/mol. The van der Waals surface area contributed by atoms with E-state index in [0.29, 0.717) is 55.7 Å². The molecule has 1 aliphatic rings. The van der Waals surface area contributed by atoms with Crippen molar-refractivity contribution in [3.8, 4) is 0 Å². The van der Waals surface area contributed by atoms with Crippen LogP contribution in [0.15, 0.2) is 30.5 Å². The van der Waals surface area contributed by atoms with E-state index in [1.54, 1.807) is 6.07 Å². The minimum atomic E-state index is -4.53. The quantitative estimate of drug-likeness (QED) is 0.0971. The van der Waals surface area contributed by atoms with Crippen molar-refractivity contribution in [3.63, 3.8) is 0 Å². The summed E-state index contributed by atoms with van der Waals surface area (Å²) in [6, 6.07) is 4.68. The van der Waals surface area contributed by atoms with Crippen LogP contribution in [0.3, 0.4) is 0 Å². The Morgan fingerprint density at radius 2 is 1.88 bits per heavy atom. The lowest BCUT2D eigenvalue weighted by Gasteiger charge is -2.31. The van der Waals surface area contributed by atoms with E-state index in [2.05, 4.69) is 32.4 Å². The molecule has 41 heavy (non-hydrogen) atoms. The lowest BCUT2D eigenvalue weighted by Crippen LogP contribution is -2.38. The predicted octanol–water partition coefficient (Wildman–Crippen LogP) is 7.53. The van der Waals surface area contributed by atoms with E-state index >= 15 is 0 Å². The van der Waals surface area contributed by atoms with E-state index < -0.39 is 35.2 Å². The molecule has 0 spiro atoms. The van der Waals surface area contributed by atoms with E-state index in [0.717, 1.165) is 25.0 Å². The van der Waals surface area contributed by atoms with Crippen molar-refractivity contribution in [1.29, 1.82) is 0 Å². The summed E-state index contributed by atoms with van der Waals surface area (Å²) in [4.78, 5) is 8.46.